The predicted octanol–water partition coefficient (Wildman–Crippen LogP) is 5.18. The zero-order valence-corrected chi connectivity index (χ0v) is 18.1. The summed E-state index contributed by atoms with van der Waals surface area (Å²) in [6, 6.07) is 9.51. The second-order valence-corrected chi connectivity index (χ2v) is 14.8. The minimum atomic E-state index is -1.33. The van der Waals surface area contributed by atoms with Crippen molar-refractivity contribution in [3.05, 3.63) is 35.9 Å². The van der Waals surface area contributed by atoms with Crippen LogP contribution in [0.5, 0.6) is 0 Å². The molecule has 0 aliphatic carbocycles. The van der Waals surface area contributed by atoms with E-state index < -0.39 is 13.7 Å². The fourth-order valence-corrected chi connectivity index (χ4v) is 5.21. The summed E-state index contributed by atoms with van der Waals surface area (Å²) < 4.78 is 5.68. The first-order valence-electron chi connectivity index (χ1n) is 9.87. The highest BCUT2D eigenvalue weighted by Crippen LogP contribution is 2.37. The summed E-state index contributed by atoms with van der Waals surface area (Å²) in [4.78, 5) is 14.7. The van der Waals surface area contributed by atoms with Crippen LogP contribution in [-0.2, 0) is 4.74 Å². The molecule has 2 unspecified atom stereocenters. The number of carbonyl (C=O) groups excluding carboxylic acids is 1. The summed E-state index contributed by atoms with van der Waals surface area (Å²) in [5.74, 6) is 0. The summed E-state index contributed by atoms with van der Waals surface area (Å²) in [7, 11) is -1.33. The highest BCUT2D eigenvalue weighted by atomic mass is 28.3. The van der Waals surface area contributed by atoms with Gasteiger partial charge in [-0.2, -0.15) is 0 Å². The third kappa shape index (κ3) is 4.22. The van der Waals surface area contributed by atoms with Gasteiger partial charge in [0.25, 0.3) is 0 Å². The normalized spacial score (nSPS) is 23.5. The molecule has 1 fully saturated rings. The Morgan fingerprint density at radius 3 is 2.54 bits per heavy atom. The van der Waals surface area contributed by atoms with E-state index in [1.54, 1.807) is 0 Å². The third-order valence-corrected chi connectivity index (χ3v) is 7.38. The van der Waals surface area contributed by atoms with Crippen molar-refractivity contribution in [1.82, 2.24) is 4.90 Å². The van der Waals surface area contributed by atoms with Crippen LogP contribution < -0.4 is 5.19 Å². The van der Waals surface area contributed by atoms with Gasteiger partial charge < -0.3 is 4.74 Å². The van der Waals surface area contributed by atoms with E-state index in [9.17, 15) is 4.79 Å². The van der Waals surface area contributed by atoms with Gasteiger partial charge in [0.05, 0.1) is 14.1 Å². The van der Waals surface area contributed by atoms with Crippen LogP contribution in [0.3, 0.4) is 0 Å². The maximum atomic E-state index is 12.7. The van der Waals surface area contributed by atoms with Gasteiger partial charge >= 0.3 is 6.09 Å². The average molecular weight is 372 g/mol. The molecule has 3 nitrogen and oxygen atoms in total. The molecule has 2 aliphatic rings. The molecule has 2 atom stereocenters. The quantitative estimate of drug-likeness (QED) is 0.671. The second-order valence-electron chi connectivity index (χ2n) is 9.77. The lowest BCUT2D eigenvalue weighted by Gasteiger charge is -2.45. The van der Waals surface area contributed by atoms with Gasteiger partial charge in [-0.1, -0.05) is 55.2 Å². The topological polar surface area (TPSA) is 29.5 Å². The molecule has 1 aromatic rings. The van der Waals surface area contributed by atoms with Crippen molar-refractivity contribution in [3.63, 3.8) is 0 Å². The Balaban J connectivity index is 1.88. The van der Waals surface area contributed by atoms with Gasteiger partial charge in [0.1, 0.15) is 5.60 Å². The first-order chi connectivity index (χ1) is 12.0. The largest absolute Gasteiger partial charge is 0.444 e. The van der Waals surface area contributed by atoms with Crippen molar-refractivity contribution >= 4 is 24.9 Å². The molecule has 2 heterocycles. The van der Waals surface area contributed by atoms with E-state index in [0.29, 0.717) is 0 Å². The van der Waals surface area contributed by atoms with Crippen molar-refractivity contribution in [2.45, 2.75) is 83.8 Å². The summed E-state index contributed by atoms with van der Waals surface area (Å²) in [5, 5.41) is 1.50. The van der Waals surface area contributed by atoms with Crippen molar-refractivity contribution in [3.8, 4) is 0 Å². The fourth-order valence-electron chi connectivity index (χ4n) is 4.03. The number of benzene rings is 1. The summed E-state index contributed by atoms with van der Waals surface area (Å²) in [5.41, 5.74) is 2.30. The van der Waals surface area contributed by atoms with Crippen LogP contribution in [0.2, 0.25) is 19.6 Å². The van der Waals surface area contributed by atoms with Gasteiger partial charge in [0.15, 0.2) is 0 Å². The van der Waals surface area contributed by atoms with Crippen molar-refractivity contribution < 1.29 is 9.53 Å². The molecule has 4 heteroatoms. The number of fused-ring (bicyclic) bond motifs is 2. The molecule has 1 saturated heterocycles. The predicted molar refractivity (Wildman–Crippen MR) is 112 cm³/mol. The molecule has 0 radical (unpaired) electrons. The van der Waals surface area contributed by atoms with Crippen LogP contribution in [0.4, 0.5) is 4.79 Å². The number of ether oxygens (including phenoxy) is 1. The van der Waals surface area contributed by atoms with Gasteiger partial charge in [0.2, 0.25) is 0 Å². The van der Waals surface area contributed by atoms with Gasteiger partial charge in [-0.3, -0.25) is 4.90 Å². The zero-order valence-electron chi connectivity index (χ0n) is 17.1. The number of nitrogens with zero attached hydrogens (tertiary/aromatic N) is 1. The Bertz CT molecular complexity index is 712. The van der Waals surface area contributed by atoms with Gasteiger partial charge in [-0.25, -0.2) is 4.79 Å². The minimum absolute atomic E-state index is 0.154. The number of carbonyl (C=O) groups is 1. The molecule has 0 N–H and O–H groups in total. The van der Waals surface area contributed by atoms with Crippen LogP contribution >= 0.6 is 0 Å². The first kappa shape index (κ1) is 19.2. The van der Waals surface area contributed by atoms with Crippen LogP contribution in [0.15, 0.2) is 30.3 Å². The molecule has 1 aromatic carbocycles. The summed E-state index contributed by atoms with van der Waals surface area (Å²) >= 11 is 0. The minimum Gasteiger partial charge on any atom is -0.444 e. The lowest BCUT2D eigenvalue weighted by molar-refractivity contribution is 0.0000855. The number of rotatable bonds is 2. The Kier molecular flexibility index (Phi) is 5.08. The van der Waals surface area contributed by atoms with Gasteiger partial charge in [-0.15, -0.1) is 0 Å². The van der Waals surface area contributed by atoms with Crippen molar-refractivity contribution in [2.24, 2.45) is 0 Å². The molecule has 0 saturated carbocycles. The molecule has 0 spiro atoms. The highest BCUT2D eigenvalue weighted by Gasteiger charge is 2.39. The standard InChI is InChI=1S/C22H33NO2Si/c1-22(2,3)25-21(24)23-18-10-8-11-19(23)14-17(13-18)16-9-7-12-20(15-16)26(4,5)6/h7,9,12-13,15,18-19H,8,10-11,14H2,1-6H3. The number of hydrogen-bond acceptors (Lipinski definition) is 2. The molecule has 0 aromatic heterocycles. The molecular weight excluding hydrogens is 338 g/mol. The van der Waals surface area contributed by atoms with E-state index in [1.165, 1.54) is 22.7 Å². The summed E-state index contributed by atoms with van der Waals surface area (Å²) in [6.07, 6.45) is 6.40. The van der Waals surface area contributed by atoms with E-state index in [-0.39, 0.29) is 18.2 Å². The molecule has 1 amide bonds. The first-order valence-corrected chi connectivity index (χ1v) is 13.4. The Labute approximate surface area is 159 Å². The SMILES string of the molecule is CC(C)(C)OC(=O)N1C2C=C(c3cccc([Si](C)(C)C)c3)CC1CCC2. The van der Waals surface area contributed by atoms with Crippen molar-refractivity contribution in [2.75, 3.05) is 0 Å². The maximum Gasteiger partial charge on any atom is 0.411 e. The lowest BCUT2D eigenvalue weighted by Crippen LogP contribution is -2.53. The molecule has 3 rings (SSSR count). The van der Waals surface area contributed by atoms with Crippen LogP contribution in [0.25, 0.3) is 5.57 Å². The smallest absolute Gasteiger partial charge is 0.411 e. The zero-order chi connectivity index (χ0) is 19.1. The lowest BCUT2D eigenvalue weighted by atomic mass is 9.83. The number of piperidine rings is 1. The third-order valence-electron chi connectivity index (χ3n) is 5.34. The van der Waals surface area contributed by atoms with Gasteiger partial charge in [0, 0.05) is 6.04 Å². The molecule has 2 bridgehead atoms. The molecule has 142 valence electrons. The molecule has 26 heavy (non-hydrogen) atoms. The van der Waals surface area contributed by atoms with E-state index in [4.69, 9.17) is 4.74 Å². The second kappa shape index (κ2) is 6.88. The van der Waals surface area contributed by atoms with E-state index in [2.05, 4.69) is 50.0 Å². The van der Waals surface area contributed by atoms with E-state index >= 15 is 0 Å². The van der Waals surface area contributed by atoms with Crippen LogP contribution in [-0.4, -0.2) is 36.8 Å². The van der Waals surface area contributed by atoms with Crippen LogP contribution in [0, 0.1) is 0 Å². The Morgan fingerprint density at radius 1 is 1.19 bits per heavy atom. The molecular formula is C22H33NO2Si. The number of hydrogen-bond donors (Lipinski definition) is 0. The van der Waals surface area contributed by atoms with Gasteiger partial charge in [-0.05, 0) is 57.6 Å². The summed E-state index contributed by atoms with van der Waals surface area (Å²) in [6.45, 7) is 13.0. The Morgan fingerprint density at radius 2 is 1.92 bits per heavy atom. The monoisotopic (exact) mass is 371 g/mol. The average Bonchev–Trinajstić information content (AvgIpc) is 2.51. The fraction of sp³-hybridized carbons (Fsp3) is 0.591. The maximum absolute atomic E-state index is 12.7. The Hall–Kier alpha value is -1.55. The molecule has 2 aliphatic heterocycles. The van der Waals surface area contributed by atoms with E-state index in [0.717, 1.165) is 19.3 Å². The van der Waals surface area contributed by atoms with E-state index in [1.807, 2.05) is 25.7 Å². The number of amides is 1. The highest BCUT2D eigenvalue weighted by molar-refractivity contribution is 6.88. The van der Waals surface area contributed by atoms with Crippen LogP contribution in [0.1, 0.15) is 52.0 Å². The van der Waals surface area contributed by atoms with Crippen molar-refractivity contribution in [1.29, 1.82) is 0 Å².